The molecular weight excluding hydrogens is 322 g/mol. The lowest BCUT2D eigenvalue weighted by molar-refractivity contribution is -0.124. The van der Waals surface area contributed by atoms with E-state index in [-0.39, 0.29) is 12.0 Å². The molecule has 2 aliphatic rings. The lowest BCUT2D eigenvalue weighted by Gasteiger charge is -2.25. The zero-order valence-corrected chi connectivity index (χ0v) is 14.3. The first kappa shape index (κ1) is 15.7. The molecule has 1 N–H and O–H groups in total. The molecular formula is C18H21N3O2S. The smallest absolute Gasteiger partial charge is 0.255 e. The lowest BCUT2D eigenvalue weighted by atomic mass is 10.1. The van der Waals surface area contributed by atoms with E-state index >= 15 is 0 Å². The number of aromatic nitrogens is 1. The van der Waals surface area contributed by atoms with Gasteiger partial charge in [0.15, 0.2) is 5.13 Å². The fourth-order valence-corrected chi connectivity index (χ4v) is 4.30. The van der Waals surface area contributed by atoms with Crippen LogP contribution in [0.1, 0.15) is 29.0 Å². The van der Waals surface area contributed by atoms with Crippen molar-refractivity contribution in [2.75, 3.05) is 18.5 Å². The van der Waals surface area contributed by atoms with Gasteiger partial charge in [0, 0.05) is 37.5 Å². The number of thiazole rings is 1. The standard InChI is InChI=1S/C18H21N3O2S/c22-17(15-7-4-10-23-15)20-18-19-14-8-9-21(12-16(14)24-18)11-13-5-2-1-3-6-13/h1-3,5-6,15H,4,7-12H2,(H,19,20,22). The van der Waals surface area contributed by atoms with Crippen LogP contribution in [0.4, 0.5) is 5.13 Å². The molecule has 3 heterocycles. The van der Waals surface area contributed by atoms with Crippen LogP contribution in [0, 0.1) is 0 Å². The topological polar surface area (TPSA) is 54.5 Å². The van der Waals surface area contributed by atoms with Crippen LogP contribution in [0.2, 0.25) is 0 Å². The zero-order chi connectivity index (χ0) is 16.4. The molecule has 1 aromatic heterocycles. The summed E-state index contributed by atoms with van der Waals surface area (Å²) in [5.74, 6) is -0.0558. The Labute approximate surface area is 145 Å². The minimum atomic E-state index is -0.305. The summed E-state index contributed by atoms with van der Waals surface area (Å²) in [7, 11) is 0. The Morgan fingerprint density at radius 3 is 3.04 bits per heavy atom. The van der Waals surface area contributed by atoms with Gasteiger partial charge in [0.2, 0.25) is 0 Å². The number of carbonyl (C=O) groups excluding carboxylic acids is 1. The molecule has 0 saturated carbocycles. The third kappa shape index (κ3) is 3.50. The summed E-state index contributed by atoms with van der Waals surface area (Å²) in [5.41, 5.74) is 2.46. The maximum Gasteiger partial charge on any atom is 0.255 e. The number of nitrogens with zero attached hydrogens (tertiary/aromatic N) is 2. The van der Waals surface area contributed by atoms with E-state index in [1.807, 2.05) is 6.07 Å². The number of hydrogen-bond donors (Lipinski definition) is 1. The molecule has 1 fully saturated rings. The maximum absolute atomic E-state index is 12.2. The summed E-state index contributed by atoms with van der Waals surface area (Å²) in [6.07, 6.45) is 2.40. The predicted molar refractivity (Wildman–Crippen MR) is 94.0 cm³/mol. The van der Waals surface area contributed by atoms with E-state index in [0.29, 0.717) is 11.7 Å². The van der Waals surface area contributed by atoms with Crippen LogP contribution in [0.25, 0.3) is 0 Å². The minimum absolute atomic E-state index is 0.0558. The minimum Gasteiger partial charge on any atom is -0.368 e. The molecule has 126 valence electrons. The number of carbonyl (C=O) groups is 1. The summed E-state index contributed by atoms with van der Waals surface area (Å²) >= 11 is 1.60. The van der Waals surface area contributed by atoms with E-state index in [2.05, 4.69) is 39.5 Å². The predicted octanol–water partition coefficient (Wildman–Crippen LogP) is 2.82. The SMILES string of the molecule is O=C(Nc1nc2c(s1)CN(Cc1ccccc1)CC2)C1CCCO1. The first-order valence-electron chi connectivity index (χ1n) is 8.45. The Kier molecular flexibility index (Phi) is 4.60. The third-order valence-corrected chi connectivity index (χ3v) is 5.51. The Bertz CT molecular complexity index is 710. The van der Waals surface area contributed by atoms with Gasteiger partial charge in [0.25, 0.3) is 5.91 Å². The quantitative estimate of drug-likeness (QED) is 0.927. The molecule has 1 unspecified atom stereocenters. The van der Waals surface area contributed by atoms with E-state index < -0.39 is 0 Å². The normalized spacial score (nSPS) is 20.8. The van der Waals surface area contributed by atoms with Gasteiger partial charge < -0.3 is 4.74 Å². The molecule has 0 radical (unpaired) electrons. The van der Waals surface area contributed by atoms with Crippen molar-refractivity contribution in [1.82, 2.24) is 9.88 Å². The summed E-state index contributed by atoms with van der Waals surface area (Å²) in [6, 6.07) is 10.5. The number of hydrogen-bond acceptors (Lipinski definition) is 5. The van der Waals surface area contributed by atoms with Gasteiger partial charge in [-0.2, -0.15) is 0 Å². The fourth-order valence-electron chi connectivity index (χ4n) is 3.25. The van der Waals surface area contributed by atoms with Crippen molar-refractivity contribution < 1.29 is 9.53 Å². The lowest BCUT2D eigenvalue weighted by Crippen LogP contribution is -2.29. The van der Waals surface area contributed by atoms with E-state index in [0.717, 1.165) is 44.6 Å². The summed E-state index contributed by atoms with van der Waals surface area (Å²) in [6.45, 7) is 3.54. The van der Waals surface area contributed by atoms with Crippen LogP contribution in [0.3, 0.4) is 0 Å². The highest BCUT2D eigenvalue weighted by atomic mass is 32.1. The summed E-state index contributed by atoms with van der Waals surface area (Å²) < 4.78 is 5.43. The van der Waals surface area contributed by atoms with Crippen LogP contribution >= 0.6 is 11.3 Å². The van der Waals surface area contributed by atoms with Crippen LogP contribution in [-0.4, -0.2) is 35.0 Å². The van der Waals surface area contributed by atoms with Crippen LogP contribution < -0.4 is 5.32 Å². The van der Waals surface area contributed by atoms with Crippen molar-refractivity contribution in [1.29, 1.82) is 0 Å². The van der Waals surface area contributed by atoms with Gasteiger partial charge in [-0.15, -0.1) is 11.3 Å². The van der Waals surface area contributed by atoms with Crippen LogP contribution in [0.5, 0.6) is 0 Å². The molecule has 1 atom stereocenters. The molecule has 1 amide bonds. The Morgan fingerprint density at radius 2 is 2.25 bits per heavy atom. The Morgan fingerprint density at radius 1 is 1.38 bits per heavy atom. The first-order valence-corrected chi connectivity index (χ1v) is 9.27. The van der Waals surface area contributed by atoms with E-state index in [4.69, 9.17) is 4.74 Å². The van der Waals surface area contributed by atoms with Gasteiger partial charge in [-0.25, -0.2) is 4.98 Å². The van der Waals surface area contributed by atoms with Crippen molar-refractivity contribution >= 4 is 22.4 Å². The number of anilines is 1. The molecule has 4 rings (SSSR count). The van der Waals surface area contributed by atoms with Gasteiger partial charge in [0.05, 0.1) is 5.69 Å². The Balaban J connectivity index is 1.39. The second-order valence-electron chi connectivity index (χ2n) is 6.33. The molecule has 0 spiro atoms. The zero-order valence-electron chi connectivity index (χ0n) is 13.5. The van der Waals surface area contributed by atoms with Gasteiger partial charge in [-0.1, -0.05) is 30.3 Å². The van der Waals surface area contributed by atoms with Crippen molar-refractivity contribution in [2.45, 2.75) is 38.5 Å². The summed E-state index contributed by atoms with van der Waals surface area (Å²) in [5, 5.41) is 3.64. The molecule has 24 heavy (non-hydrogen) atoms. The number of benzene rings is 1. The number of nitrogens with one attached hydrogen (secondary N) is 1. The number of rotatable bonds is 4. The molecule has 6 heteroatoms. The van der Waals surface area contributed by atoms with Gasteiger partial charge >= 0.3 is 0 Å². The van der Waals surface area contributed by atoms with Gasteiger partial charge in [-0.3, -0.25) is 15.0 Å². The molecule has 2 aliphatic heterocycles. The van der Waals surface area contributed by atoms with Gasteiger partial charge in [0.1, 0.15) is 6.10 Å². The number of amides is 1. The number of fused-ring (bicyclic) bond motifs is 1. The van der Waals surface area contributed by atoms with Crippen LogP contribution in [0.15, 0.2) is 30.3 Å². The average Bonchev–Trinajstić information content (AvgIpc) is 3.24. The monoisotopic (exact) mass is 343 g/mol. The highest BCUT2D eigenvalue weighted by molar-refractivity contribution is 7.15. The van der Waals surface area contributed by atoms with E-state index in [1.165, 1.54) is 10.4 Å². The molecule has 2 aromatic rings. The Hall–Kier alpha value is -1.76. The van der Waals surface area contributed by atoms with E-state index in [9.17, 15) is 4.79 Å². The molecule has 0 bridgehead atoms. The van der Waals surface area contributed by atoms with E-state index in [1.54, 1.807) is 11.3 Å². The molecule has 0 aliphatic carbocycles. The maximum atomic E-state index is 12.2. The molecule has 1 aromatic carbocycles. The largest absolute Gasteiger partial charge is 0.368 e. The van der Waals surface area contributed by atoms with Crippen molar-refractivity contribution in [3.8, 4) is 0 Å². The molecule has 1 saturated heterocycles. The van der Waals surface area contributed by atoms with Crippen LogP contribution in [-0.2, 0) is 29.0 Å². The molecule has 5 nitrogen and oxygen atoms in total. The highest BCUT2D eigenvalue weighted by Crippen LogP contribution is 2.29. The number of ether oxygens (including phenoxy) is 1. The first-order chi connectivity index (χ1) is 11.8. The van der Waals surface area contributed by atoms with Crippen molar-refractivity contribution in [3.63, 3.8) is 0 Å². The van der Waals surface area contributed by atoms with Crippen molar-refractivity contribution in [3.05, 3.63) is 46.5 Å². The second-order valence-corrected chi connectivity index (χ2v) is 7.41. The fraction of sp³-hybridized carbons (Fsp3) is 0.444. The second kappa shape index (κ2) is 7.01. The average molecular weight is 343 g/mol. The third-order valence-electron chi connectivity index (χ3n) is 4.51. The van der Waals surface area contributed by atoms with Crippen molar-refractivity contribution in [2.24, 2.45) is 0 Å². The van der Waals surface area contributed by atoms with Gasteiger partial charge in [-0.05, 0) is 18.4 Å². The summed E-state index contributed by atoms with van der Waals surface area (Å²) in [4.78, 5) is 20.5. The highest BCUT2D eigenvalue weighted by Gasteiger charge is 2.26.